The van der Waals surface area contributed by atoms with Gasteiger partial charge < -0.3 is 10.2 Å². The van der Waals surface area contributed by atoms with Gasteiger partial charge in [0, 0.05) is 6.54 Å². The molecule has 0 spiro atoms. The average Bonchev–Trinajstić information content (AvgIpc) is 3.30. The molecule has 1 fully saturated rings. The summed E-state index contributed by atoms with van der Waals surface area (Å²) in [5.74, 6) is -2.33. The molecule has 22 heavy (non-hydrogen) atoms. The molecule has 1 saturated carbocycles. The van der Waals surface area contributed by atoms with E-state index < -0.39 is 30.1 Å². The fraction of sp³-hybridized carbons (Fsp3) is 0.333. The van der Waals surface area contributed by atoms with Gasteiger partial charge in [-0.05, 0) is 30.9 Å². The van der Waals surface area contributed by atoms with Crippen LogP contribution in [0.4, 0.5) is 0 Å². The number of hydrogen-bond acceptors (Lipinski definition) is 5. The van der Waals surface area contributed by atoms with E-state index in [-0.39, 0.29) is 11.1 Å². The first kappa shape index (κ1) is 14.2. The van der Waals surface area contributed by atoms with Gasteiger partial charge in [0.1, 0.15) is 6.42 Å². The van der Waals surface area contributed by atoms with Crippen LogP contribution in [-0.4, -0.2) is 35.3 Å². The fourth-order valence-corrected chi connectivity index (χ4v) is 2.16. The number of nitrogens with zero attached hydrogens (tertiary/aromatic N) is 1. The molecule has 0 atom stereocenters. The Balaban J connectivity index is 1.56. The molecule has 1 aliphatic carbocycles. The highest BCUT2D eigenvalue weighted by Crippen LogP contribution is 2.27. The first-order chi connectivity index (χ1) is 10.6. The van der Waals surface area contributed by atoms with E-state index in [1.165, 1.54) is 12.1 Å². The standard InChI is InChI=1S/C15H14N2O5/c18-12(16-8-9-5-6-9)7-13(19)22-17-14(20)10-3-1-2-4-11(10)15(17)21/h1-4,9H,5-8H2,(H,16,18). The van der Waals surface area contributed by atoms with Crippen molar-refractivity contribution in [1.82, 2.24) is 10.4 Å². The van der Waals surface area contributed by atoms with E-state index in [1.807, 2.05) is 0 Å². The smallest absolute Gasteiger partial charge is 0.342 e. The maximum absolute atomic E-state index is 12.0. The van der Waals surface area contributed by atoms with Crippen LogP contribution in [0.3, 0.4) is 0 Å². The van der Waals surface area contributed by atoms with Crippen LogP contribution >= 0.6 is 0 Å². The van der Waals surface area contributed by atoms with Crippen molar-refractivity contribution in [3.63, 3.8) is 0 Å². The molecule has 1 heterocycles. The molecular formula is C15H14N2O5. The van der Waals surface area contributed by atoms with Gasteiger partial charge in [0.05, 0.1) is 11.1 Å². The van der Waals surface area contributed by atoms with Gasteiger partial charge in [-0.2, -0.15) is 0 Å². The van der Waals surface area contributed by atoms with Crippen LogP contribution in [0.5, 0.6) is 0 Å². The summed E-state index contributed by atoms with van der Waals surface area (Å²) in [6.45, 7) is 0.541. The zero-order chi connectivity index (χ0) is 15.7. The number of fused-ring (bicyclic) bond motifs is 1. The molecule has 1 N–H and O–H groups in total. The molecule has 0 saturated heterocycles. The SMILES string of the molecule is O=C(CC(=O)ON1C(=O)c2ccccc2C1=O)NCC1CC1. The molecule has 7 heteroatoms. The van der Waals surface area contributed by atoms with Crippen molar-refractivity contribution >= 4 is 23.7 Å². The summed E-state index contributed by atoms with van der Waals surface area (Å²) < 4.78 is 0. The van der Waals surface area contributed by atoms with E-state index in [0.717, 1.165) is 12.8 Å². The van der Waals surface area contributed by atoms with E-state index in [1.54, 1.807) is 12.1 Å². The number of carbonyl (C=O) groups is 4. The Labute approximate surface area is 126 Å². The van der Waals surface area contributed by atoms with Crippen LogP contribution in [0.25, 0.3) is 0 Å². The monoisotopic (exact) mass is 302 g/mol. The van der Waals surface area contributed by atoms with E-state index in [2.05, 4.69) is 5.32 Å². The maximum Gasteiger partial charge on any atom is 0.342 e. The Kier molecular flexibility index (Phi) is 3.62. The van der Waals surface area contributed by atoms with Crippen molar-refractivity contribution in [2.45, 2.75) is 19.3 Å². The second-order valence-corrected chi connectivity index (χ2v) is 5.34. The number of amides is 3. The minimum absolute atomic E-state index is 0.179. The summed E-state index contributed by atoms with van der Waals surface area (Å²) in [5, 5.41) is 3.02. The maximum atomic E-state index is 12.0. The Bertz CT molecular complexity index is 631. The van der Waals surface area contributed by atoms with Crippen molar-refractivity contribution in [3.8, 4) is 0 Å². The van der Waals surface area contributed by atoms with E-state index in [0.29, 0.717) is 17.5 Å². The van der Waals surface area contributed by atoms with Crippen molar-refractivity contribution in [2.24, 2.45) is 5.92 Å². The lowest BCUT2D eigenvalue weighted by Gasteiger charge is -2.12. The number of nitrogens with one attached hydrogen (secondary N) is 1. The van der Waals surface area contributed by atoms with Gasteiger partial charge in [0.25, 0.3) is 11.8 Å². The highest BCUT2D eigenvalue weighted by atomic mass is 16.7. The topological polar surface area (TPSA) is 92.8 Å². The number of benzene rings is 1. The summed E-state index contributed by atoms with van der Waals surface area (Å²) in [4.78, 5) is 51.9. The number of hydrogen-bond donors (Lipinski definition) is 1. The minimum atomic E-state index is -0.942. The van der Waals surface area contributed by atoms with Gasteiger partial charge in [0.15, 0.2) is 0 Å². The molecule has 3 amide bonds. The van der Waals surface area contributed by atoms with Crippen LogP contribution in [0, 0.1) is 5.92 Å². The van der Waals surface area contributed by atoms with E-state index in [4.69, 9.17) is 4.84 Å². The first-order valence-corrected chi connectivity index (χ1v) is 7.01. The molecule has 1 aromatic carbocycles. The molecular weight excluding hydrogens is 288 g/mol. The number of carbonyl (C=O) groups excluding carboxylic acids is 4. The van der Waals surface area contributed by atoms with Crippen molar-refractivity contribution in [2.75, 3.05) is 6.54 Å². The molecule has 2 aliphatic rings. The fourth-order valence-electron chi connectivity index (χ4n) is 2.16. The van der Waals surface area contributed by atoms with Gasteiger partial charge >= 0.3 is 5.97 Å². The Morgan fingerprint density at radius 2 is 1.73 bits per heavy atom. The molecule has 0 bridgehead atoms. The third-order valence-electron chi connectivity index (χ3n) is 3.54. The lowest BCUT2D eigenvalue weighted by molar-refractivity contribution is -0.169. The lowest BCUT2D eigenvalue weighted by Crippen LogP contribution is -2.35. The third-order valence-corrected chi connectivity index (χ3v) is 3.54. The van der Waals surface area contributed by atoms with Gasteiger partial charge in [-0.15, -0.1) is 0 Å². The van der Waals surface area contributed by atoms with Gasteiger partial charge in [-0.25, -0.2) is 4.79 Å². The lowest BCUT2D eigenvalue weighted by atomic mass is 10.1. The van der Waals surface area contributed by atoms with Crippen molar-refractivity contribution in [1.29, 1.82) is 0 Å². The van der Waals surface area contributed by atoms with Crippen LogP contribution in [0.2, 0.25) is 0 Å². The van der Waals surface area contributed by atoms with E-state index >= 15 is 0 Å². The molecule has 3 rings (SSSR count). The van der Waals surface area contributed by atoms with Crippen LogP contribution in [0.1, 0.15) is 40.0 Å². The van der Waals surface area contributed by atoms with Crippen molar-refractivity contribution in [3.05, 3.63) is 35.4 Å². The largest absolute Gasteiger partial charge is 0.355 e. The second kappa shape index (κ2) is 5.59. The first-order valence-electron chi connectivity index (χ1n) is 7.01. The van der Waals surface area contributed by atoms with Crippen LogP contribution < -0.4 is 5.32 Å². The van der Waals surface area contributed by atoms with Gasteiger partial charge in [-0.3, -0.25) is 14.4 Å². The summed E-state index contributed by atoms with van der Waals surface area (Å²) in [7, 11) is 0. The van der Waals surface area contributed by atoms with Gasteiger partial charge in [0.2, 0.25) is 5.91 Å². The number of hydroxylamine groups is 2. The molecule has 0 aromatic heterocycles. The molecule has 1 aromatic rings. The molecule has 1 aliphatic heterocycles. The average molecular weight is 302 g/mol. The van der Waals surface area contributed by atoms with E-state index in [9.17, 15) is 19.2 Å². The molecule has 0 radical (unpaired) electrons. The summed E-state index contributed by atoms with van der Waals surface area (Å²) in [6.07, 6.45) is 1.64. The summed E-state index contributed by atoms with van der Waals surface area (Å²) in [5.41, 5.74) is 0.358. The Morgan fingerprint density at radius 3 is 2.27 bits per heavy atom. The number of rotatable bonds is 5. The molecule has 114 valence electrons. The quantitative estimate of drug-likeness (QED) is 0.637. The molecule has 0 unspecified atom stereocenters. The minimum Gasteiger partial charge on any atom is -0.355 e. The zero-order valence-electron chi connectivity index (χ0n) is 11.7. The Hall–Kier alpha value is -2.70. The number of imide groups is 1. The third kappa shape index (κ3) is 2.83. The van der Waals surface area contributed by atoms with Crippen LogP contribution in [0.15, 0.2) is 24.3 Å². The highest BCUT2D eigenvalue weighted by molar-refractivity contribution is 6.21. The van der Waals surface area contributed by atoms with Crippen LogP contribution in [-0.2, 0) is 14.4 Å². The predicted octanol–water partition coefficient (Wildman–Crippen LogP) is 0.657. The van der Waals surface area contributed by atoms with Gasteiger partial charge in [-0.1, -0.05) is 17.2 Å². The Morgan fingerprint density at radius 1 is 1.14 bits per heavy atom. The highest BCUT2D eigenvalue weighted by Gasteiger charge is 2.38. The zero-order valence-corrected chi connectivity index (χ0v) is 11.7. The second-order valence-electron chi connectivity index (χ2n) is 5.34. The summed E-state index contributed by atoms with van der Waals surface area (Å²) in [6, 6.07) is 6.18. The van der Waals surface area contributed by atoms with Crippen molar-refractivity contribution < 1.29 is 24.0 Å². The summed E-state index contributed by atoms with van der Waals surface area (Å²) >= 11 is 0. The normalized spacial score (nSPS) is 16.5. The molecule has 7 nitrogen and oxygen atoms in total. The predicted molar refractivity (Wildman–Crippen MR) is 73.4 cm³/mol.